The van der Waals surface area contributed by atoms with E-state index in [-0.39, 0.29) is 0 Å². The predicted octanol–water partition coefficient (Wildman–Crippen LogP) is 1.50. The van der Waals surface area contributed by atoms with Gasteiger partial charge in [-0.2, -0.15) is 0 Å². The van der Waals surface area contributed by atoms with Crippen molar-refractivity contribution >= 4 is 17.3 Å². The third-order valence-electron chi connectivity index (χ3n) is 1.29. The minimum absolute atomic E-state index is 0.489. The van der Waals surface area contributed by atoms with Gasteiger partial charge in [0, 0.05) is 6.20 Å². The molecule has 1 N–H and O–H groups in total. The summed E-state index contributed by atoms with van der Waals surface area (Å²) in [5, 5.41) is 3.59. The fraction of sp³-hybridized carbons (Fsp3) is 0.167. The van der Waals surface area contributed by atoms with Crippen molar-refractivity contribution in [2.45, 2.75) is 0 Å². The van der Waals surface area contributed by atoms with Crippen LogP contribution in [0, 0.1) is 0 Å². The third-order valence-corrected chi connectivity index (χ3v) is 1.50. The quantitative estimate of drug-likeness (QED) is 0.618. The van der Waals surface area contributed by atoms with E-state index in [1.54, 1.807) is 12.3 Å². The number of nitrogens with zero attached hydrogens (tertiary/aromatic N) is 1. The lowest BCUT2D eigenvalue weighted by Crippen LogP contribution is -1.96. The molecule has 2 rings (SSSR count). The van der Waals surface area contributed by atoms with Crippen LogP contribution in [0.3, 0.4) is 0 Å². The first-order chi connectivity index (χ1) is 4.86. The Morgan fingerprint density at radius 2 is 2.60 bits per heavy atom. The summed E-state index contributed by atoms with van der Waals surface area (Å²) in [5.74, 6) is 0.629. The average molecular weight is 157 g/mol. The van der Waals surface area contributed by atoms with Crippen LogP contribution in [0.25, 0.3) is 0 Å². The van der Waals surface area contributed by atoms with Crippen molar-refractivity contribution in [3.63, 3.8) is 0 Å². The smallest absolute Gasteiger partial charge is 0.239 e. The van der Waals surface area contributed by atoms with E-state index in [1.165, 1.54) is 0 Å². The second-order valence-electron chi connectivity index (χ2n) is 1.97. The van der Waals surface area contributed by atoms with Gasteiger partial charge < -0.3 is 10.1 Å². The van der Waals surface area contributed by atoms with Gasteiger partial charge in [0.25, 0.3) is 0 Å². The van der Waals surface area contributed by atoms with Gasteiger partial charge in [0.1, 0.15) is 5.69 Å². The lowest BCUT2D eigenvalue weighted by molar-refractivity contribution is 0.359. The van der Waals surface area contributed by atoms with Crippen molar-refractivity contribution < 1.29 is 4.74 Å². The molecule has 0 amide bonds. The fourth-order valence-corrected chi connectivity index (χ4v) is 1.01. The fourth-order valence-electron chi connectivity index (χ4n) is 0.851. The number of hydrogen-bond donors (Lipinski definition) is 1. The Morgan fingerprint density at radius 1 is 1.70 bits per heavy atom. The van der Waals surface area contributed by atoms with Gasteiger partial charge in [-0.1, -0.05) is 11.6 Å². The van der Waals surface area contributed by atoms with E-state index in [0.29, 0.717) is 17.6 Å². The minimum Gasteiger partial charge on any atom is -0.455 e. The highest BCUT2D eigenvalue weighted by Gasteiger charge is 2.11. The summed E-state index contributed by atoms with van der Waals surface area (Å²) in [6.45, 7) is 0.489. The Labute approximate surface area is 63.0 Å². The average Bonchev–Trinajstić information content (AvgIpc) is 2.33. The third kappa shape index (κ3) is 0.789. The molecule has 0 bridgehead atoms. The van der Waals surface area contributed by atoms with Gasteiger partial charge in [-0.15, -0.1) is 0 Å². The Bertz CT molecular complexity index is 264. The van der Waals surface area contributed by atoms with Crippen molar-refractivity contribution in [3.8, 4) is 5.88 Å². The van der Waals surface area contributed by atoms with Crippen molar-refractivity contribution in [3.05, 3.63) is 17.3 Å². The van der Waals surface area contributed by atoms with E-state index in [4.69, 9.17) is 16.3 Å². The monoisotopic (exact) mass is 156 g/mol. The second-order valence-corrected chi connectivity index (χ2v) is 2.41. The molecular weight excluding hydrogens is 152 g/mol. The number of anilines is 1. The molecule has 1 aliphatic rings. The molecule has 0 saturated heterocycles. The van der Waals surface area contributed by atoms with Gasteiger partial charge >= 0.3 is 0 Å². The Balaban J connectivity index is 2.52. The van der Waals surface area contributed by atoms with Crippen molar-refractivity contribution in [1.29, 1.82) is 0 Å². The number of nitrogens with one attached hydrogen (secondary N) is 1. The Kier molecular flexibility index (Phi) is 1.17. The maximum atomic E-state index is 5.67. The predicted molar refractivity (Wildman–Crippen MR) is 38.4 cm³/mol. The number of hydrogen-bond acceptors (Lipinski definition) is 3. The maximum Gasteiger partial charge on any atom is 0.239 e. The van der Waals surface area contributed by atoms with Gasteiger partial charge in [0.15, 0.2) is 6.73 Å². The standard InChI is InChI=1S/C6H5ClN2O/c7-4-1-5-6(8-2-4)10-3-9-5/h1-2,9H,3H2. The summed E-state index contributed by atoms with van der Waals surface area (Å²) >= 11 is 5.67. The zero-order chi connectivity index (χ0) is 6.97. The molecule has 0 spiro atoms. The molecule has 3 nitrogen and oxygen atoms in total. The summed E-state index contributed by atoms with van der Waals surface area (Å²) < 4.78 is 5.07. The first-order valence-corrected chi connectivity index (χ1v) is 3.26. The van der Waals surface area contributed by atoms with E-state index in [2.05, 4.69) is 10.3 Å². The second kappa shape index (κ2) is 2.02. The first-order valence-electron chi connectivity index (χ1n) is 2.88. The minimum atomic E-state index is 0.489. The lowest BCUT2D eigenvalue weighted by atomic mass is 10.4. The highest BCUT2D eigenvalue weighted by molar-refractivity contribution is 6.30. The molecule has 0 radical (unpaired) electrons. The number of fused-ring (bicyclic) bond motifs is 1. The molecule has 4 heteroatoms. The van der Waals surface area contributed by atoms with Crippen molar-refractivity contribution in [2.75, 3.05) is 12.0 Å². The maximum absolute atomic E-state index is 5.67. The molecule has 2 heterocycles. The summed E-state index contributed by atoms with van der Waals surface area (Å²) in [6.07, 6.45) is 1.56. The first kappa shape index (κ1) is 5.80. The van der Waals surface area contributed by atoms with E-state index in [9.17, 15) is 0 Å². The van der Waals surface area contributed by atoms with Crippen LogP contribution in [0.15, 0.2) is 12.3 Å². The van der Waals surface area contributed by atoms with Crippen LogP contribution in [-0.2, 0) is 0 Å². The van der Waals surface area contributed by atoms with Crippen molar-refractivity contribution in [2.24, 2.45) is 0 Å². The molecule has 0 aliphatic carbocycles. The molecule has 1 aromatic rings. The van der Waals surface area contributed by atoms with Crippen molar-refractivity contribution in [1.82, 2.24) is 4.98 Å². The molecular formula is C6H5ClN2O. The molecule has 0 saturated carbocycles. The summed E-state index contributed by atoms with van der Waals surface area (Å²) in [7, 11) is 0. The molecule has 0 atom stereocenters. The van der Waals surface area contributed by atoms with Crippen LogP contribution in [0.1, 0.15) is 0 Å². The van der Waals surface area contributed by atoms with Crippen LogP contribution < -0.4 is 10.1 Å². The number of halogens is 1. The number of pyridine rings is 1. The lowest BCUT2D eigenvalue weighted by Gasteiger charge is -1.93. The Hall–Kier alpha value is -0.960. The van der Waals surface area contributed by atoms with Crippen LogP contribution in [0.5, 0.6) is 5.88 Å². The van der Waals surface area contributed by atoms with E-state index >= 15 is 0 Å². The Morgan fingerprint density at radius 3 is 3.50 bits per heavy atom. The normalized spacial score (nSPS) is 13.7. The SMILES string of the molecule is Clc1cnc2c(c1)NCO2. The molecule has 0 fully saturated rings. The molecule has 1 aliphatic heterocycles. The number of aromatic nitrogens is 1. The van der Waals surface area contributed by atoms with Gasteiger partial charge in [0.2, 0.25) is 5.88 Å². The summed E-state index contributed by atoms with van der Waals surface area (Å²) in [5.41, 5.74) is 0.868. The largest absolute Gasteiger partial charge is 0.455 e. The van der Waals surface area contributed by atoms with Crippen LogP contribution in [-0.4, -0.2) is 11.7 Å². The summed E-state index contributed by atoms with van der Waals surface area (Å²) in [6, 6.07) is 1.79. The highest BCUT2D eigenvalue weighted by Crippen LogP contribution is 2.28. The van der Waals surface area contributed by atoms with E-state index in [0.717, 1.165) is 5.69 Å². The van der Waals surface area contributed by atoms with Gasteiger partial charge in [-0.25, -0.2) is 4.98 Å². The van der Waals surface area contributed by atoms with E-state index < -0.39 is 0 Å². The highest BCUT2D eigenvalue weighted by atomic mass is 35.5. The molecule has 10 heavy (non-hydrogen) atoms. The zero-order valence-electron chi connectivity index (χ0n) is 5.10. The molecule has 0 aromatic carbocycles. The molecule has 1 aromatic heterocycles. The molecule has 52 valence electrons. The summed E-state index contributed by atoms with van der Waals surface area (Å²) in [4.78, 5) is 3.94. The van der Waals surface area contributed by atoms with E-state index in [1.807, 2.05) is 0 Å². The number of ether oxygens (including phenoxy) is 1. The zero-order valence-corrected chi connectivity index (χ0v) is 5.85. The van der Waals surface area contributed by atoms with Crippen LogP contribution >= 0.6 is 11.6 Å². The van der Waals surface area contributed by atoms with Gasteiger partial charge in [-0.05, 0) is 6.07 Å². The number of rotatable bonds is 0. The topological polar surface area (TPSA) is 34.2 Å². The van der Waals surface area contributed by atoms with Gasteiger partial charge in [-0.3, -0.25) is 0 Å². The van der Waals surface area contributed by atoms with Crippen LogP contribution in [0.4, 0.5) is 5.69 Å². The van der Waals surface area contributed by atoms with Crippen LogP contribution in [0.2, 0.25) is 5.02 Å². The molecule has 0 unspecified atom stereocenters. The van der Waals surface area contributed by atoms with Gasteiger partial charge in [0.05, 0.1) is 5.02 Å².